The summed E-state index contributed by atoms with van der Waals surface area (Å²) in [5, 5.41) is 11.3. The van der Waals surface area contributed by atoms with Crippen LogP contribution in [0.3, 0.4) is 0 Å². The average Bonchev–Trinajstić information content (AvgIpc) is 2.69. The molecule has 2 N–H and O–H groups in total. The lowest BCUT2D eigenvalue weighted by molar-refractivity contribution is 0.0712. The first-order valence-corrected chi connectivity index (χ1v) is 6.69. The Balaban J connectivity index is 1.74. The number of nitrogens with one attached hydrogen (secondary N) is 2. The lowest BCUT2D eigenvalue weighted by Crippen LogP contribution is -2.44. The smallest absolute Gasteiger partial charge is 0.0620 e. The van der Waals surface area contributed by atoms with Crippen molar-refractivity contribution >= 4 is 0 Å². The molecule has 0 aliphatic carbocycles. The molecule has 2 rings (SSSR count). The standard InChI is InChI=1S/C13H24N4O/c1-10(6-13-9-18-5-4-14-13)15-7-12-8-16-17(3)11(12)2/h8,10,13-15H,4-7,9H2,1-3H3. The highest BCUT2D eigenvalue weighted by molar-refractivity contribution is 5.15. The van der Waals surface area contributed by atoms with Gasteiger partial charge in [-0.05, 0) is 20.3 Å². The van der Waals surface area contributed by atoms with Crippen LogP contribution in [-0.2, 0) is 18.3 Å². The first-order valence-electron chi connectivity index (χ1n) is 6.69. The van der Waals surface area contributed by atoms with E-state index in [1.807, 2.05) is 17.9 Å². The summed E-state index contributed by atoms with van der Waals surface area (Å²) in [5.41, 5.74) is 2.51. The molecule has 2 heterocycles. The highest BCUT2D eigenvalue weighted by Gasteiger charge is 2.16. The Morgan fingerprint density at radius 3 is 3.11 bits per heavy atom. The first-order chi connectivity index (χ1) is 8.66. The molecule has 1 aromatic heterocycles. The largest absolute Gasteiger partial charge is 0.379 e. The predicted octanol–water partition coefficient (Wildman–Crippen LogP) is 0.585. The molecule has 0 amide bonds. The van der Waals surface area contributed by atoms with Gasteiger partial charge in [-0.2, -0.15) is 5.10 Å². The van der Waals surface area contributed by atoms with E-state index in [4.69, 9.17) is 4.74 Å². The zero-order chi connectivity index (χ0) is 13.0. The van der Waals surface area contributed by atoms with Crippen molar-refractivity contribution in [2.45, 2.75) is 38.9 Å². The SMILES string of the molecule is Cc1c(CNC(C)CC2COCCN2)cnn1C. The summed E-state index contributed by atoms with van der Waals surface area (Å²) in [6.45, 7) is 7.85. The van der Waals surface area contributed by atoms with Crippen LogP contribution < -0.4 is 10.6 Å². The van der Waals surface area contributed by atoms with Gasteiger partial charge in [-0.15, -0.1) is 0 Å². The summed E-state index contributed by atoms with van der Waals surface area (Å²) in [4.78, 5) is 0. The van der Waals surface area contributed by atoms with Gasteiger partial charge in [0.15, 0.2) is 0 Å². The van der Waals surface area contributed by atoms with Gasteiger partial charge in [-0.25, -0.2) is 0 Å². The minimum atomic E-state index is 0.476. The third-order valence-electron chi connectivity index (χ3n) is 3.61. The summed E-state index contributed by atoms with van der Waals surface area (Å²) < 4.78 is 7.38. The Labute approximate surface area is 109 Å². The minimum Gasteiger partial charge on any atom is -0.379 e. The first kappa shape index (κ1) is 13.5. The van der Waals surface area contributed by atoms with E-state index in [0.29, 0.717) is 12.1 Å². The van der Waals surface area contributed by atoms with Crippen LogP contribution in [-0.4, -0.2) is 41.6 Å². The van der Waals surface area contributed by atoms with E-state index in [2.05, 4.69) is 29.6 Å². The second kappa shape index (κ2) is 6.31. The van der Waals surface area contributed by atoms with Crippen molar-refractivity contribution in [1.29, 1.82) is 0 Å². The lowest BCUT2D eigenvalue weighted by Gasteiger charge is -2.26. The van der Waals surface area contributed by atoms with E-state index < -0.39 is 0 Å². The fourth-order valence-corrected chi connectivity index (χ4v) is 2.28. The zero-order valence-corrected chi connectivity index (χ0v) is 11.6. The molecular weight excluding hydrogens is 228 g/mol. The molecule has 0 bridgehead atoms. The van der Waals surface area contributed by atoms with Gasteiger partial charge in [0, 0.05) is 43.5 Å². The van der Waals surface area contributed by atoms with Crippen molar-refractivity contribution in [1.82, 2.24) is 20.4 Å². The van der Waals surface area contributed by atoms with Gasteiger partial charge >= 0.3 is 0 Å². The molecule has 1 saturated heterocycles. The monoisotopic (exact) mass is 252 g/mol. The van der Waals surface area contributed by atoms with Crippen molar-refractivity contribution in [3.63, 3.8) is 0 Å². The van der Waals surface area contributed by atoms with Gasteiger partial charge in [-0.3, -0.25) is 4.68 Å². The zero-order valence-electron chi connectivity index (χ0n) is 11.6. The molecule has 102 valence electrons. The molecule has 2 atom stereocenters. The third kappa shape index (κ3) is 3.54. The minimum absolute atomic E-state index is 0.476. The van der Waals surface area contributed by atoms with Crippen LogP contribution in [0.4, 0.5) is 0 Å². The summed E-state index contributed by atoms with van der Waals surface area (Å²) in [6.07, 6.45) is 3.04. The normalized spacial score (nSPS) is 22.1. The van der Waals surface area contributed by atoms with E-state index in [1.54, 1.807) is 0 Å². The maximum atomic E-state index is 5.46. The van der Waals surface area contributed by atoms with Crippen molar-refractivity contribution < 1.29 is 4.74 Å². The van der Waals surface area contributed by atoms with Crippen LogP contribution in [0.15, 0.2) is 6.20 Å². The number of nitrogens with zero attached hydrogens (tertiary/aromatic N) is 2. The van der Waals surface area contributed by atoms with E-state index in [1.165, 1.54) is 11.3 Å². The molecule has 18 heavy (non-hydrogen) atoms. The van der Waals surface area contributed by atoms with Crippen molar-refractivity contribution in [2.24, 2.45) is 7.05 Å². The van der Waals surface area contributed by atoms with Crippen molar-refractivity contribution in [3.05, 3.63) is 17.5 Å². The van der Waals surface area contributed by atoms with Gasteiger partial charge in [-0.1, -0.05) is 0 Å². The molecule has 1 aliphatic heterocycles. The van der Waals surface area contributed by atoms with Crippen LogP contribution in [0.2, 0.25) is 0 Å². The molecule has 1 fully saturated rings. The summed E-state index contributed by atoms with van der Waals surface area (Å²) in [7, 11) is 1.98. The van der Waals surface area contributed by atoms with Crippen LogP contribution in [0.1, 0.15) is 24.6 Å². The molecular formula is C13H24N4O. The number of aromatic nitrogens is 2. The molecule has 5 heteroatoms. The topological polar surface area (TPSA) is 51.1 Å². The Bertz CT molecular complexity index is 371. The molecule has 2 unspecified atom stereocenters. The maximum absolute atomic E-state index is 5.46. The number of hydrogen-bond donors (Lipinski definition) is 2. The van der Waals surface area contributed by atoms with Crippen LogP contribution >= 0.6 is 0 Å². The lowest BCUT2D eigenvalue weighted by atomic mass is 10.1. The summed E-state index contributed by atoms with van der Waals surface area (Å²) in [5.74, 6) is 0. The number of morpholine rings is 1. The molecule has 0 spiro atoms. The third-order valence-corrected chi connectivity index (χ3v) is 3.61. The second-order valence-electron chi connectivity index (χ2n) is 5.12. The quantitative estimate of drug-likeness (QED) is 0.805. The van der Waals surface area contributed by atoms with Crippen LogP contribution in [0.25, 0.3) is 0 Å². The van der Waals surface area contributed by atoms with E-state index in [9.17, 15) is 0 Å². The fourth-order valence-electron chi connectivity index (χ4n) is 2.28. The molecule has 5 nitrogen and oxygen atoms in total. The van der Waals surface area contributed by atoms with Gasteiger partial charge in [0.2, 0.25) is 0 Å². The highest BCUT2D eigenvalue weighted by Crippen LogP contribution is 2.07. The van der Waals surface area contributed by atoms with Gasteiger partial charge < -0.3 is 15.4 Å². The Kier molecular flexibility index (Phi) is 4.74. The average molecular weight is 252 g/mol. The molecule has 0 aromatic carbocycles. The Morgan fingerprint density at radius 1 is 1.67 bits per heavy atom. The number of aryl methyl sites for hydroxylation is 1. The number of rotatable bonds is 5. The summed E-state index contributed by atoms with van der Waals surface area (Å²) >= 11 is 0. The summed E-state index contributed by atoms with van der Waals surface area (Å²) in [6, 6.07) is 0.958. The van der Waals surface area contributed by atoms with Gasteiger partial charge in [0.05, 0.1) is 19.4 Å². The van der Waals surface area contributed by atoms with Crippen LogP contribution in [0.5, 0.6) is 0 Å². The second-order valence-corrected chi connectivity index (χ2v) is 5.12. The van der Waals surface area contributed by atoms with E-state index in [-0.39, 0.29) is 0 Å². The molecule has 1 aliphatic rings. The van der Waals surface area contributed by atoms with Crippen molar-refractivity contribution in [3.8, 4) is 0 Å². The van der Waals surface area contributed by atoms with Crippen molar-refractivity contribution in [2.75, 3.05) is 19.8 Å². The molecule has 1 aromatic rings. The number of ether oxygens (including phenoxy) is 1. The van der Waals surface area contributed by atoms with Crippen LogP contribution in [0, 0.1) is 6.92 Å². The maximum Gasteiger partial charge on any atom is 0.0620 e. The van der Waals surface area contributed by atoms with E-state index in [0.717, 1.165) is 32.7 Å². The molecule has 0 saturated carbocycles. The van der Waals surface area contributed by atoms with E-state index >= 15 is 0 Å². The Morgan fingerprint density at radius 2 is 2.50 bits per heavy atom. The highest BCUT2D eigenvalue weighted by atomic mass is 16.5. The molecule has 0 radical (unpaired) electrons. The van der Waals surface area contributed by atoms with Gasteiger partial charge in [0.1, 0.15) is 0 Å². The van der Waals surface area contributed by atoms with Gasteiger partial charge in [0.25, 0.3) is 0 Å². The fraction of sp³-hybridized carbons (Fsp3) is 0.769. The Hall–Kier alpha value is -0.910. The predicted molar refractivity (Wildman–Crippen MR) is 71.5 cm³/mol. The number of hydrogen-bond acceptors (Lipinski definition) is 4.